The van der Waals surface area contributed by atoms with E-state index in [0.29, 0.717) is 18.4 Å². The van der Waals surface area contributed by atoms with Crippen LogP contribution in [0.4, 0.5) is 11.8 Å². The van der Waals surface area contributed by atoms with E-state index < -0.39 is 0 Å². The molecule has 146 valence electrons. The number of methoxy groups -OCH3 is 1. The molecule has 2 aromatic carbocycles. The summed E-state index contributed by atoms with van der Waals surface area (Å²) in [7, 11) is 1.68. The molecular formula is C23H28N4O. The van der Waals surface area contributed by atoms with Crippen LogP contribution < -0.4 is 15.4 Å². The topological polar surface area (TPSA) is 59.1 Å². The number of rotatable bonds is 7. The fraction of sp³-hybridized carbons (Fsp3) is 0.391. The van der Waals surface area contributed by atoms with E-state index in [9.17, 15) is 0 Å². The lowest BCUT2D eigenvalue weighted by atomic mass is 9.89. The summed E-state index contributed by atoms with van der Waals surface area (Å²) in [5, 5.41) is 7.94. The van der Waals surface area contributed by atoms with Crippen LogP contribution in [0.15, 0.2) is 48.5 Å². The summed E-state index contributed by atoms with van der Waals surface area (Å²) >= 11 is 0. The summed E-state index contributed by atoms with van der Waals surface area (Å²) in [6.45, 7) is 1.64. The van der Waals surface area contributed by atoms with Crippen molar-refractivity contribution in [2.75, 3.05) is 24.3 Å². The maximum atomic E-state index is 5.55. The molecule has 5 nitrogen and oxygen atoms in total. The molecule has 1 fully saturated rings. The first-order valence-corrected chi connectivity index (χ1v) is 10.2. The van der Waals surface area contributed by atoms with Crippen LogP contribution in [0.5, 0.6) is 5.75 Å². The zero-order valence-corrected chi connectivity index (χ0v) is 16.4. The molecule has 1 saturated carbocycles. The monoisotopic (exact) mass is 376 g/mol. The van der Waals surface area contributed by atoms with Gasteiger partial charge in [-0.25, -0.2) is 4.98 Å². The quantitative estimate of drug-likeness (QED) is 0.590. The van der Waals surface area contributed by atoms with Crippen molar-refractivity contribution >= 4 is 22.7 Å². The Morgan fingerprint density at radius 1 is 0.929 bits per heavy atom. The molecule has 1 aromatic heterocycles. The fourth-order valence-electron chi connectivity index (χ4n) is 3.91. The highest BCUT2D eigenvalue weighted by Gasteiger charge is 2.15. The summed E-state index contributed by atoms with van der Waals surface area (Å²) in [6.07, 6.45) is 6.63. The Morgan fingerprint density at radius 3 is 2.54 bits per heavy atom. The largest absolute Gasteiger partial charge is 0.494 e. The van der Waals surface area contributed by atoms with E-state index in [1.807, 2.05) is 24.3 Å². The van der Waals surface area contributed by atoms with Crippen molar-refractivity contribution in [2.45, 2.75) is 38.6 Å². The number of aromatic nitrogens is 2. The number of benzene rings is 2. The molecule has 0 unspecified atom stereocenters. The third kappa shape index (κ3) is 4.35. The van der Waals surface area contributed by atoms with Crippen LogP contribution in [0.25, 0.3) is 10.9 Å². The molecule has 5 heteroatoms. The molecule has 0 bridgehead atoms. The van der Waals surface area contributed by atoms with Gasteiger partial charge in [-0.1, -0.05) is 55.7 Å². The average Bonchev–Trinajstić information content (AvgIpc) is 2.77. The summed E-state index contributed by atoms with van der Waals surface area (Å²) in [5.74, 6) is 2.98. The number of hydrogen-bond acceptors (Lipinski definition) is 5. The Morgan fingerprint density at radius 2 is 1.75 bits per heavy atom. The van der Waals surface area contributed by atoms with Crippen molar-refractivity contribution in [3.8, 4) is 5.75 Å². The van der Waals surface area contributed by atoms with Crippen LogP contribution in [0.1, 0.15) is 37.7 Å². The van der Waals surface area contributed by atoms with Gasteiger partial charge in [0.1, 0.15) is 17.1 Å². The van der Waals surface area contributed by atoms with Crippen molar-refractivity contribution in [2.24, 2.45) is 5.92 Å². The Kier molecular flexibility index (Phi) is 5.90. The third-order valence-electron chi connectivity index (χ3n) is 5.49. The summed E-state index contributed by atoms with van der Waals surface area (Å²) in [5.41, 5.74) is 2.05. The van der Waals surface area contributed by atoms with Gasteiger partial charge >= 0.3 is 0 Å². The summed E-state index contributed by atoms with van der Waals surface area (Å²) in [6, 6.07) is 16.3. The minimum absolute atomic E-state index is 0.665. The molecule has 2 N–H and O–H groups in total. The molecule has 0 spiro atoms. The SMILES string of the molecule is COc1cccc2c(NCc3ccccc3)nc(NCC3CCCCC3)nc12. The van der Waals surface area contributed by atoms with E-state index in [0.717, 1.165) is 29.0 Å². The third-order valence-corrected chi connectivity index (χ3v) is 5.49. The lowest BCUT2D eigenvalue weighted by Gasteiger charge is -2.22. The molecule has 0 aliphatic heterocycles. The van der Waals surface area contributed by atoms with Crippen molar-refractivity contribution in [1.29, 1.82) is 0 Å². The first kappa shape index (κ1) is 18.5. The smallest absolute Gasteiger partial charge is 0.225 e. The number of para-hydroxylation sites is 1. The van der Waals surface area contributed by atoms with Gasteiger partial charge in [0.25, 0.3) is 0 Å². The predicted octanol–water partition coefficient (Wildman–Crippen LogP) is 5.24. The maximum Gasteiger partial charge on any atom is 0.225 e. The molecule has 4 rings (SSSR count). The number of fused-ring (bicyclic) bond motifs is 1. The second-order valence-corrected chi connectivity index (χ2v) is 7.48. The number of nitrogens with zero attached hydrogens (tertiary/aromatic N) is 2. The van der Waals surface area contributed by atoms with Crippen molar-refractivity contribution in [3.05, 3.63) is 54.1 Å². The molecule has 1 heterocycles. The molecule has 1 aliphatic carbocycles. The van der Waals surface area contributed by atoms with Crippen molar-refractivity contribution in [1.82, 2.24) is 9.97 Å². The first-order chi connectivity index (χ1) is 13.8. The molecule has 28 heavy (non-hydrogen) atoms. The van der Waals surface area contributed by atoms with E-state index in [-0.39, 0.29) is 0 Å². The van der Waals surface area contributed by atoms with Gasteiger partial charge in [0.05, 0.1) is 7.11 Å². The predicted molar refractivity (Wildman–Crippen MR) is 115 cm³/mol. The second-order valence-electron chi connectivity index (χ2n) is 7.48. The van der Waals surface area contributed by atoms with Gasteiger partial charge in [0.15, 0.2) is 0 Å². The summed E-state index contributed by atoms with van der Waals surface area (Å²) < 4.78 is 5.55. The van der Waals surface area contributed by atoms with Crippen LogP contribution in [0.2, 0.25) is 0 Å². The lowest BCUT2D eigenvalue weighted by Crippen LogP contribution is -2.18. The van der Waals surface area contributed by atoms with E-state index in [4.69, 9.17) is 14.7 Å². The Labute approximate surface area is 166 Å². The van der Waals surface area contributed by atoms with E-state index >= 15 is 0 Å². The highest BCUT2D eigenvalue weighted by atomic mass is 16.5. The number of ether oxygens (including phenoxy) is 1. The van der Waals surface area contributed by atoms with E-state index in [2.05, 4.69) is 34.9 Å². The average molecular weight is 377 g/mol. The highest BCUT2D eigenvalue weighted by molar-refractivity contribution is 5.94. The van der Waals surface area contributed by atoms with Crippen LogP contribution >= 0.6 is 0 Å². The van der Waals surface area contributed by atoms with Gasteiger partial charge < -0.3 is 15.4 Å². The fourth-order valence-corrected chi connectivity index (χ4v) is 3.91. The minimum atomic E-state index is 0.665. The van der Waals surface area contributed by atoms with E-state index in [1.165, 1.54) is 37.7 Å². The first-order valence-electron chi connectivity index (χ1n) is 10.2. The Balaban J connectivity index is 1.59. The molecule has 0 saturated heterocycles. The molecule has 1 aliphatic rings. The van der Waals surface area contributed by atoms with Gasteiger partial charge in [0, 0.05) is 18.5 Å². The zero-order chi connectivity index (χ0) is 19.2. The van der Waals surface area contributed by atoms with Crippen LogP contribution in [-0.4, -0.2) is 23.6 Å². The Bertz CT molecular complexity index is 907. The number of hydrogen-bond donors (Lipinski definition) is 2. The second kappa shape index (κ2) is 8.91. The minimum Gasteiger partial charge on any atom is -0.494 e. The molecule has 3 aromatic rings. The van der Waals surface area contributed by atoms with Gasteiger partial charge in [-0.2, -0.15) is 4.98 Å². The van der Waals surface area contributed by atoms with Crippen molar-refractivity contribution < 1.29 is 4.74 Å². The molecular weight excluding hydrogens is 348 g/mol. The van der Waals surface area contributed by atoms with E-state index in [1.54, 1.807) is 7.11 Å². The van der Waals surface area contributed by atoms with Crippen molar-refractivity contribution in [3.63, 3.8) is 0 Å². The normalized spacial score (nSPS) is 14.8. The van der Waals surface area contributed by atoms with Gasteiger partial charge in [0.2, 0.25) is 5.95 Å². The number of anilines is 2. The van der Waals surface area contributed by atoms with Gasteiger partial charge in [-0.15, -0.1) is 0 Å². The van der Waals surface area contributed by atoms with Gasteiger partial charge in [-0.3, -0.25) is 0 Å². The molecule has 0 radical (unpaired) electrons. The maximum absolute atomic E-state index is 5.55. The summed E-state index contributed by atoms with van der Waals surface area (Å²) in [4.78, 5) is 9.55. The molecule has 0 amide bonds. The molecule has 0 atom stereocenters. The van der Waals surface area contributed by atoms with Gasteiger partial charge in [-0.05, 0) is 36.5 Å². The standard InChI is InChI=1S/C23H28N4O/c1-28-20-14-8-13-19-21(20)26-23(25-16-18-11-6-3-7-12-18)27-22(19)24-15-17-9-4-2-5-10-17/h2,4-5,8-10,13-14,18H,3,6-7,11-12,15-16H2,1H3,(H2,24,25,26,27). The zero-order valence-electron chi connectivity index (χ0n) is 16.4. The lowest BCUT2D eigenvalue weighted by molar-refractivity contribution is 0.373. The van der Waals surface area contributed by atoms with Crippen LogP contribution in [-0.2, 0) is 6.54 Å². The highest BCUT2D eigenvalue weighted by Crippen LogP contribution is 2.30. The van der Waals surface area contributed by atoms with Crippen LogP contribution in [0.3, 0.4) is 0 Å². The van der Waals surface area contributed by atoms with Crippen LogP contribution in [0, 0.1) is 5.92 Å². The Hall–Kier alpha value is -2.82. The number of nitrogens with one attached hydrogen (secondary N) is 2.